The maximum atomic E-state index is 4.52. The Kier molecular flexibility index (Phi) is 2.80. The zero-order chi connectivity index (χ0) is 10.8. The molecule has 3 heterocycles. The van der Waals surface area contributed by atoms with E-state index in [1.165, 1.54) is 24.4 Å². The van der Waals surface area contributed by atoms with E-state index in [0.717, 1.165) is 29.4 Å². The normalized spacial score (nSPS) is 21.4. The van der Waals surface area contributed by atoms with Crippen LogP contribution in [0.3, 0.4) is 0 Å². The first kappa shape index (κ1) is 10.1. The van der Waals surface area contributed by atoms with Gasteiger partial charge in [-0.1, -0.05) is 11.3 Å². The average Bonchev–Trinajstić information content (AvgIpc) is 2.72. The second-order valence-electron chi connectivity index (χ2n) is 4.21. The fraction of sp³-hybridized carbons (Fsp3) is 0.545. The van der Waals surface area contributed by atoms with Crippen molar-refractivity contribution in [3.63, 3.8) is 0 Å². The number of nitrogens with one attached hydrogen (secondary N) is 1. The molecule has 1 fully saturated rings. The number of hydrogen-bond acceptors (Lipinski definition) is 5. The molecule has 84 valence electrons. The third kappa shape index (κ3) is 2.05. The Balaban J connectivity index is 1.78. The van der Waals surface area contributed by atoms with Crippen LogP contribution in [0, 0.1) is 5.92 Å². The van der Waals surface area contributed by atoms with Gasteiger partial charge >= 0.3 is 0 Å². The van der Waals surface area contributed by atoms with Gasteiger partial charge in [0.25, 0.3) is 0 Å². The zero-order valence-corrected chi connectivity index (χ0v) is 9.83. The largest absolute Gasteiger partial charge is 0.316 e. The minimum Gasteiger partial charge on any atom is -0.316 e. The Hall–Kier alpha value is -1.07. The molecule has 3 rings (SSSR count). The summed E-state index contributed by atoms with van der Waals surface area (Å²) >= 11 is 1.68. The van der Waals surface area contributed by atoms with Gasteiger partial charge in [-0.2, -0.15) is 0 Å². The van der Waals surface area contributed by atoms with E-state index in [1.807, 2.05) is 0 Å². The minimum atomic E-state index is 0.731. The van der Waals surface area contributed by atoms with Crippen LogP contribution in [0.5, 0.6) is 0 Å². The number of rotatable bonds is 2. The van der Waals surface area contributed by atoms with Crippen LogP contribution in [0.2, 0.25) is 0 Å². The predicted octanol–water partition coefficient (Wildman–Crippen LogP) is 1.63. The first-order valence-electron chi connectivity index (χ1n) is 5.69. The summed E-state index contributed by atoms with van der Waals surface area (Å²) in [7, 11) is 0. The Bertz CT molecular complexity index is 443. The fourth-order valence-electron chi connectivity index (χ4n) is 2.15. The first-order chi connectivity index (χ1) is 7.92. The predicted molar refractivity (Wildman–Crippen MR) is 64.5 cm³/mol. The summed E-state index contributed by atoms with van der Waals surface area (Å²) in [6.45, 7) is 2.29. The molecular weight excluding hydrogens is 220 g/mol. The molecule has 1 atom stereocenters. The number of thiazole rings is 1. The molecule has 5 heteroatoms. The fourth-order valence-corrected chi connectivity index (χ4v) is 3.13. The number of nitrogens with zero attached hydrogens (tertiary/aromatic N) is 3. The summed E-state index contributed by atoms with van der Waals surface area (Å²) in [6.07, 6.45) is 7.09. The van der Waals surface area contributed by atoms with Crippen molar-refractivity contribution >= 4 is 21.8 Å². The molecule has 0 spiro atoms. The summed E-state index contributed by atoms with van der Waals surface area (Å²) in [4.78, 5) is 14.0. The lowest BCUT2D eigenvalue weighted by Crippen LogP contribution is -2.30. The Morgan fingerprint density at radius 1 is 1.38 bits per heavy atom. The lowest BCUT2D eigenvalue weighted by Gasteiger charge is -2.21. The van der Waals surface area contributed by atoms with Crippen molar-refractivity contribution < 1.29 is 0 Å². The summed E-state index contributed by atoms with van der Waals surface area (Å²) in [6, 6.07) is 0. The van der Waals surface area contributed by atoms with Crippen molar-refractivity contribution in [3.05, 3.63) is 17.4 Å². The van der Waals surface area contributed by atoms with Gasteiger partial charge in [-0.3, -0.25) is 0 Å². The molecule has 1 N–H and O–H groups in total. The van der Waals surface area contributed by atoms with Crippen LogP contribution in [-0.2, 0) is 6.42 Å². The molecule has 0 radical (unpaired) electrons. The highest BCUT2D eigenvalue weighted by Crippen LogP contribution is 2.22. The summed E-state index contributed by atoms with van der Waals surface area (Å²) in [5.41, 5.74) is 0.797. The summed E-state index contributed by atoms with van der Waals surface area (Å²) < 4.78 is 0. The first-order valence-corrected chi connectivity index (χ1v) is 6.50. The topological polar surface area (TPSA) is 50.7 Å². The summed E-state index contributed by atoms with van der Waals surface area (Å²) in [5, 5.41) is 4.61. The van der Waals surface area contributed by atoms with Crippen molar-refractivity contribution in [2.24, 2.45) is 5.92 Å². The third-order valence-electron chi connectivity index (χ3n) is 2.95. The van der Waals surface area contributed by atoms with Gasteiger partial charge in [0.15, 0.2) is 10.5 Å². The van der Waals surface area contributed by atoms with E-state index in [2.05, 4.69) is 20.3 Å². The number of hydrogen-bond donors (Lipinski definition) is 1. The van der Waals surface area contributed by atoms with Crippen molar-refractivity contribution in [2.75, 3.05) is 13.1 Å². The van der Waals surface area contributed by atoms with Crippen LogP contribution >= 0.6 is 11.3 Å². The average molecular weight is 234 g/mol. The second kappa shape index (κ2) is 4.43. The van der Waals surface area contributed by atoms with Gasteiger partial charge in [-0.25, -0.2) is 15.0 Å². The molecule has 0 saturated carbocycles. The highest BCUT2D eigenvalue weighted by atomic mass is 32.1. The molecule has 2 aromatic heterocycles. The highest BCUT2D eigenvalue weighted by molar-refractivity contribution is 7.18. The van der Waals surface area contributed by atoms with Gasteiger partial charge in [-0.15, -0.1) is 0 Å². The Morgan fingerprint density at radius 2 is 2.31 bits per heavy atom. The van der Waals surface area contributed by atoms with Crippen LogP contribution in [0.1, 0.15) is 17.8 Å². The lowest BCUT2D eigenvalue weighted by molar-refractivity contribution is 0.376. The molecule has 1 aliphatic heterocycles. The van der Waals surface area contributed by atoms with Crippen LogP contribution in [-0.4, -0.2) is 28.0 Å². The number of aromatic nitrogens is 3. The molecule has 1 saturated heterocycles. The minimum absolute atomic E-state index is 0.731. The van der Waals surface area contributed by atoms with Gasteiger partial charge in [0.1, 0.15) is 0 Å². The molecule has 4 nitrogen and oxygen atoms in total. The highest BCUT2D eigenvalue weighted by Gasteiger charge is 2.16. The molecule has 0 amide bonds. The molecular formula is C11H14N4S. The SMILES string of the molecule is c1cnc2sc(CC3CCCNC3)nc2n1. The van der Waals surface area contributed by atoms with E-state index in [0.29, 0.717) is 0 Å². The quantitative estimate of drug-likeness (QED) is 0.858. The zero-order valence-electron chi connectivity index (χ0n) is 9.02. The van der Waals surface area contributed by atoms with Gasteiger partial charge in [0, 0.05) is 18.8 Å². The van der Waals surface area contributed by atoms with Gasteiger partial charge in [-0.05, 0) is 31.8 Å². The van der Waals surface area contributed by atoms with Crippen LogP contribution in [0.25, 0.3) is 10.5 Å². The van der Waals surface area contributed by atoms with Crippen LogP contribution in [0.4, 0.5) is 0 Å². The standard InChI is InChI=1S/C11H14N4S/c1-2-8(7-12-3-1)6-9-15-10-11(16-9)14-5-4-13-10/h4-5,8,12H,1-3,6-7H2. The van der Waals surface area contributed by atoms with E-state index in [1.54, 1.807) is 23.7 Å². The summed E-state index contributed by atoms with van der Waals surface area (Å²) in [5.74, 6) is 0.731. The molecule has 0 aliphatic carbocycles. The van der Waals surface area contributed by atoms with Crippen molar-refractivity contribution in [1.82, 2.24) is 20.3 Å². The van der Waals surface area contributed by atoms with E-state index in [9.17, 15) is 0 Å². The van der Waals surface area contributed by atoms with Crippen molar-refractivity contribution in [3.8, 4) is 0 Å². The molecule has 0 bridgehead atoms. The second-order valence-corrected chi connectivity index (χ2v) is 5.27. The molecule has 2 aromatic rings. The van der Waals surface area contributed by atoms with Crippen molar-refractivity contribution in [1.29, 1.82) is 0 Å². The molecule has 1 aliphatic rings. The van der Waals surface area contributed by atoms with Gasteiger partial charge < -0.3 is 5.32 Å². The number of piperidine rings is 1. The monoisotopic (exact) mass is 234 g/mol. The molecule has 1 unspecified atom stereocenters. The van der Waals surface area contributed by atoms with E-state index >= 15 is 0 Å². The van der Waals surface area contributed by atoms with Gasteiger partial charge in [0.05, 0.1) is 5.01 Å². The van der Waals surface area contributed by atoms with E-state index in [-0.39, 0.29) is 0 Å². The third-order valence-corrected chi connectivity index (χ3v) is 3.93. The van der Waals surface area contributed by atoms with Crippen LogP contribution in [0.15, 0.2) is 12.4 Å². The molecule has 0 aromatic carbocycles. The maximum Gasteiger partial charge on any atom is 0.189 e. The molecule has 16 heavy (non-hydrogen) atoms. The van der Waals surface area contributed by atoms with E-state index in [4.69, 9.17) is 0 Å². The Labute approximate surface area is 98.1 Å². The Morgan fingerprint density at radius 3 is 3.12 bits per heavy atom. The van der Waals surface area contributed by atoms with Crippen LogP contribution < -0.4 is 5.32 Å². The maximum absolute atomic E-state index is 4.52. The number of fused-ring (bicyclic) bond motifs is 1. The lowest BCUT2D eigenvalue weighted by atomic mass is 9.97. The van der Waals surface area contributed by atoms with Crippen molar-refractivity contribution in [2.45, 2.75) is 19.3 Å². The van der Waals surface area contributed by atoms with Gasteiger partial charge in [0.2, 0.25) is 0 Å². The smallest absolute Gasteiger partial charge is 0.189 e. The van der Waals surface area contributed by atoms with E-state index < -0.39 is 0 Å².